The van der Waals surface area contributed by atoms with Gasteiger partial charge in [0.15, 0.2) is 0 Å². The van der Waals surface area contributed by atoms with E-state index < -0.39 is 10.8 Å². The van der Waals surface area contributed by atoms with Crippen LogP contribution in [0.1, 0.15) is 0 Å². The van der Waals surface area contributed by atoms with Gasteiger partial charge >= 0.3 is 0 Å². The molecule has 0 amide bonds. The summed E-state index contributed by atoms with van der Waals surface area (Å²) in [7, 11) is 0.570. The number of hydrogen-bond acceptors (Lipinski definition) is 7. The zero-order chi connectivity index (χ0) is 16.4. The van der Waals surface area contributed by atoms with Crippen LogP contribution in [-0.4, -0.2) is 35.2 Å². The van der Waals surface area contributed by atoms with Crippen LogP contribution in [0.3, 0.4) is 0 Å². The fourth-order valence-corrected chi connectivity index (χ4v) is 3.05. The number of aromatic nitrogens is 5. The van der Waals surface area contributed by atoms with Crippen LogP contribution in [0, 0.1) is 0 Å². The fourth-order valence-electron chi connectivity index (χ4n) is 2.18. The number of nitrogens with two attached hydrogens (primary N) is 1. The van der Waals surface area contributed by atoms with Gasteiger partial charge < -0.3 is 11.1 Å². The van der Waals surface area contributed by atoms with Crippen LogP contribution < -0.4 is 11.1 Å². The summed E-state index contributed by atoms with van der Waals surface area (Å²) < 4.78 is 14.0. The molecular formula is C14H15N7OS. The Balaban J connectivity index is 2.08. The highest BCUT2D eigenvalue weighted by atomic mass is 32.2. The highest BCUT2D eigenvalue weighted by Gasteiger charge is 2.16. The number of aryl methyl sites for hydroxylation is 1. The molecular weight excluding hydrogens is 314 g/mol. The maximum atomic E-state index is 12.3. The Hall–Kier alpha value is -2.81. The molecule has 0 aliphatic rings. The normalized spacial score (nSPS) is 12.1. The zero-order valence-electron chi connectivity index (χ0n) is 12.6. The third-order valence-electron chi connectivity index (χ3n) is 3.14. The van der Waals surface area contributed by atoms with Crippen molar-refractivity contribution in [1.82, 2.24) is 24.7 Å². The van der Waals surface area contributed by atoms with E-state index in [-0.39, 0.29) is 0 Å². The van der Waals surface area contributed by atoms with Crippen LogP contribution in [0.2, 0.25) is 0 Å². The smallest absolute Gasteiger partial charge is 0.148 e. The molecule has 3 rings (SSSR count). The third kappa shape index (κ3) is 3.19. The van der Waals surface area contributed by atoms with Crippen LogP contribution in [0.4, 0.5) is 17.5 Å². The predicted molar refractivity (Wildman–Crippen MR) is 88.5 cm³/mol. The summed E-state index contributed by atoms with van der Waals surface area (Å²) in [5.74, 6) is 1.29. The van der Waals surface area contributed by atoms with Gasteiger partial charge in [0.1, 0.15) is 23.8 Å². The minimum absolute atomic E-state index is 0.338. The van der Waals surface area contributed by atoms with Gasteiger partial charge in [-0.05, 0) is 6.07 Å². The number of anilines is 3. The molecule has 3 N–H and O–H groups in total. The van der Waals surface area contributed by atoms with Crippen LogP contribution in [0.25, 0.3) is 11.1 Å². The standard InChI is InChI=1S/C14H15N7OS/c1-21-7-9(6-19-21)10-3-4-16-14(13(10)23(2)22)20-12-5-11(15)17-8-18-12/h3-8H,1-2H3,(H3,15,16,17,18,20). The first-order valence-corrected chi connectivity index (χ1v) is 8.26. The lowest BCUT2D eigenvalue weighted by Crippen LogP contribution is -2.04. The van der Waals surface area contributed by atoms with Crippen molar-refractivity contribution in [2.45, 2.75) is 4.90 Å². The van der Waals surface area contributed by atoms with Crippen molar-refractivity contribution in [2.24, 2.45) is 7.05 Å². The molecule has 0 aromatic carbocycles. The van der Waals surface area contributed by atoms with Crippen LogP contribution in [0.15, 0.2) is 41.9 Å². The molecule has 0 saturated heterocycles. The molecule has 0 aliphatic heterocycles. The largest absolute Gasteiger partial charge is 0.384 e. The van der Waals surface area contributed by atoms with Gasteiger partial charge in [-0.25, -0.2) is 15.0 Å². The van der Waals surface area contributed by atoms with Gasteiger partial charge in [-0.1, -0.05) is 0 Å². The lowest BCUT2D eigenvalue weighted by molar-refractivity contribution is 0.687. The van der Waals surface area contributed by atoms with Gasteiger partial charge in [-0.3, -0.25) is 8.89 Å². The van der Waals surface area contributed by atoms with E-state index in [2.05, 4.69) is 25.4 Å². The first-order valence-electron chi connectivity index (χ1n) is 6.70. The molecule has 3 aromatic heterocycles. The maximum Gasteiger partial charge on any atom is 0.148 e. The molecule has 0 saturated carbocycles. The average Bonchev–Trinajstić information content (AvgIpc) is 2.93. The molecule has 9 heteroatoms. The third-order valence-corrected chi connectivity index (χ3v) is 4.13. The van der Waals surface area contributed by atoms with Crippen molar-refractivity contribution in [1.29, 1.82) is 0 Å². The predicted octanol–water partition coefficient (Wildman–Crippen LogP) is 1.34. The van der Waals surface area contributed by atoms with E-state index in [0.29, 0.717) is 22.3 Å². The SMILES string of the molecule is Cn1cc(-c2ccnc(Nc3cc(N)ncn3)c2S(C)=O)cn1. The van der Waals surface area contributed by atoms with Gasteiger partial charge in [0.2, 0.25) is 0 Å². The molecule has 0 spiro atoms. The van der Waals surface area contributed by atoms with Gasteiger partial charge in [0.05, 0.1) is 21.9 Å². The van der Waals surface area contributed by atoms with E-state index in [4.69, 9.17) is 5.73 Å². The summed E-state index contributed by atoms with van der Waals surface area (Å²) in [4.78, 5) is 12.8. The van der Waals surface area contributed by atoms with E-state index in [9.17, 15) is 4.21 Å². The first kappa shape index (κ1) is 15.1. The number of nitrogen functional groups attached to an aromatic ring is 1. The van der Waals surface area contributed by atoms with Crippen LogP contribution >= 0.6 is 0 Å². The summed E-state index contributed by atoms with van der Waals surface area (Å²) >= 11 is 0. The number of pyridine rings is 1. The lowest BCUT2D eigenvalue weighted by Gasteiger charge is -2.12. The molecule has 0 fully saturated rings. The molecule has 118 valence electrons. The minimum atomic E-state index is -1.26. The summed E-state index contributed by atoms with van der Waals surface area (Å²) in [5, 5.41) is 7.21. The van der Waals surface area contributed by atoms with E-state index >= 15 is 0 Å². The van der Waals surface area contributed by atoms with Gasteiger partial charge in [-0.2, -0.15) is 5.10 Å². The second kappa shape index (κ2) is 6.13. The maximum absolute atomic E-state index is 12.3. The Bertz CT molecular complexity index is 877. The number of nitrogens with zero attached hydrogens (tertiary/aromatic N) is 5. The molecule has 1 unspecified atom stereocenters. The fraction of sp³-hybridized carbons (Fsp3) is 0.143. The Labute approximate surface area is 135 Å². The van der Waals surface area contributed by atoms with E-state index in [0.717, 1.165) is 11.1 Å². The summed E-state index contributed by atoms with van der Waals surface area (Å²) in [6.45, 7) is 0. The molecule has 0 bridgehead atoms. The topological polar surface area (TPSA) is 112 Å². The van der Waals surface area contributed by atoms with Crippen LogP contribution in [0.5, 0.6) is 0 Å². The number of rotatable bonds is 4. The van der Waals surface area contributed by atoms with Gasteiger partial charge in [0, 0.05) is 42.9 Å². The zero-order valence-corrected chi connectivity index (χ0v) is 13.4. The molecule has 1 atom stereocenters. The van der Waals surface area contributed by atoms with Crippen molar-refractivity contribution in [3.63, 3.8) is 0 Å². The Morgan fingerprint density at radius 2 is 2.13 bits per heavy atom. The van der Waals surface area contributed by atoms with E-state index in [1.807, 2.05) is 19.3 Å². The second-order valence-corrected chi connectivity index (χ2v) is 6.16. The summed E-state index contributed by atoms with van der Waals surface area (Å²) in [6.07, 6.45) is 8.18. The van der Waals surface area contributed by atoms with Gasteiger partial charge in [0.25, 0.3) is 0 Å². The highest BCUT2D eigenvalue weighted by molar-refractivity contribution is 7.84. The number of nitrogens with one attached hydrogen (secondary N) is 1. The average molecular weight is 329 g/mol. The molecule has 3 heterocycles. The van der Waals surface area contributed by atoms with Crippen molar-refractivity contribution in [2.75, 3.05) is 17.3 Å². The molecule has 3 aromatic rings. The van der Waals surface area contributed by atoms with E-state index in [1.165, 1.54) is 6.33 Å². The minimum Gasteiger partial charge on any atom is -0.384 e. The quantitative estimate of drug-likeness (QED) is 0.742. The second-order valence-electron chi connectivity index (χ2n) is 4.85. The summed E-state index contributed by atoms with van der Waals surface area (Å²) in [6, 6.07) is 3.40. The van der Waals surface area contributed by atoms with Crippen LogP contribution in [-0.2, 0) is 17.8 Å². The monoisotopic (exact) mass is 329 g/mol. The highest BCUT2D eigenvalue weighted by Crippen LogP contribution is 2.31. The lowest BCUT2D eigenvalue weighted by atomic mass is 10.1. The van der Waals surface area contributed by atoms with Gasteiger partial charge in [-0.15, -0.1) is 0 Å². The Morgan fingerprint density at radius 3 is 2.78 bits per heavy atom. The van der Waals surface area contributed by atoms with Crippen molar-refractivity contribution >= 4 is 28.3 Å². The molecule has 8 nitrogen and oxygen atoms in total. The Morgan fingerprint density at radius 1 is 1.30 bits per heavy atom. The number of hydrogen-bond donors (Lipinski definition) is 2. The molecule has 0 aliphatic carbocycles. The van der Waals surface area contributed by atoms with Crippen molar-refractivity contribution in [3.8, 4) is 11.1 Å². The summed E-state index contributed by atoms with van der Waals surface area (Å²) in [5.41, 5.74) is 7.32. The molecule has 23 heavy (non-hydrogen) atoms. The Kier molecular flexibility index (Phi) is 4.02. The van der Waals surface area contributed by atoms with Crippen molar-refractivity contribution < 1.29 is 4.21 Å². The molecule has 0 radical (unpaired) electrons. The van der Waals surface area contributed by atoms with E-state index in [1.54, 1.807) is 29.4 Å². The first-order chi connectivity index (χ1) is 11.0. The van der Waals surface area contributed by atoms with Crippen molar-refractivity contribution in [3.05, 3.63) is 37.1 Å².